The molecular weight excluding hydrogens is 565 g/mol. The zero-order valence-electron chi connectivity index (χ0n) is 21.8. The Balaban J connectivity index is 2.00. The summed E-state index contributed by atoms with van der Waals surface area (Å²) in [5.74, 6) is -3.87. The molecule has 0 saturated heterocycles. The highest BCUT2D eigenvalue weighted by atomic mass is 35.5. The fourth-order valence-electron chi connectivity index (χ4n) is 4.75. The maximum absolute atomic E-state index is 14.3. The summed E-state index contributed by atoms with van der Waals surface area (Å²) in [6.45, 7) is 5.92. The molecule has 3 rings (SSSR count). The van der Waals surface area contributed by atoms with E-state index in [0.29, 0.717) is 0 Å². The highest BCUT2D eigenvalue weighted by molar-refractivity contribution is 6.40. The molecule has 1 aromatic carbocycles. The maximum Gasteiger partial charge on any atom is 0.433 e. The molecule has 0 spiro atoms. The van der Waals surface area contributed by atoms with E-state index in [0.717, 1.165) is 27.9 Å². The minimum Gasteiger partial charge on any atom is -0.481 e. The molecule has 0 unspecified atom stereocenters. The molecule has 1 N–H and O–H groups in total. The van der Waals surface area contributed by atoms with E-state index in [1.165, 1.54) is 0 Å². The van der Waals surface area contributed by atoms with Gasteiger partial charge in [-0.05, 0) is 50.2 Å². The van der Waals surface area contributed by atoms with Gasteiger partial charge in [0.25, 0.3) is 5.91 Å². The van der Waals surface area contributed by atoms with Crippen molar-refractivity contribution in [2.45, 2.75) is 65.6 Å². The summed E-state index contributed by atoms with van der Waals surface area (Å²) in [4.78, 5) is 39.2. The van der Waals surface area contributed by atoms with E-state index >= 15 is 0 Å². The second-order valence-corrected chi connectivity index (χ2v) is 12.1. The minimum atomic E-state index is -4.97. The van der Waals surface area contributed by atoms with Crippen molar-refractivity contribution < 1.29 is 37.1 Å². The van der Waals surface area contributed by atoms with Crippen LogP contribution in [-0.2, 0) is 11.0 Å². The summed E-state index contributed by atoms with van der Waals surface area (Å²) >= 11 is 12.0. The first-order valence-electron chi connectivity index (χ1n) is 12.2. The van der Waals surface area contributed by atoms with Gasteiger partial charge >= 0.3 is 12.1 Å². The summed E-state index contributed by atoms with van der Waals surface area (Å²) in [5, 5.41) is 12.6. The number of carbonyl (C=O) groups excluding carboxylic acids is 2. The number of hydrogen-bond acceptors (Lipinski definition) is 4. The van der Waals surface area contributed by atoms with Crippen LogP contribution in [0.15, 0.2) is 18.3 Å². The maximum atomic E-state index is 14.3. The standard InChI is InChI=1S/C26H29Cl2F4N3O4/c1-24(2,3)13-34(12-18(36)19-16(27)5-6-17(29)20(19)28)22(37)15-11-33-35(21(15)26(30,31)32)14-7-9-25(4,10-8-14)23(38)39/h5-6,11,14H,7-10,12-13H2,1-4H3,(H,38,39)/t14-,25-. The Morgan fingerprint density at radius 2 is 1.74 bits per heavy atom. The highest BCUT2D eigenvalue weighted by Crippen LogP contribution is 2.43. The summed E-state index contributed by atoms with van der Waals surface area (Å²) in [6.07, 6.45) is -3.61. The number of alkyl halides is 3. The van der Waals surface area contributed by atoms with Crippen LogP contribution in [0.3, 0.4) is 0 Å². The molecule has 1 aliphatic rings. The van der Waals surface area contributed by atoms with Crippen molar-refractivity contribution in [3.05, 3.63) is 51.0 Å². The van der Waals surface area contributed by atoms with Gasteiger partial charge in [-0.1, -0.05) is 44.0 Å². The van der Waals surface area contributed by atoms with Gasteiger partial charge in [0.2, 0.25) is 0 Å². The van der Waals surface area contributed by atoms with Crippen LogP contribution in [0.2, 0.25) is 10.0 Å². The van der Waals surface area contributed by atoms with E-state index in [1.54, 1.807) is 27.7 Å². The quantitative estimate of drug-likeness (QED) is 0.213. The zero-order chi connectivity index (χ0) is 29.5. The van der Waals surface area contributed by atoms with Crippen molar-refractivity contribution in [3.63, 3.8) is 0 Å². The summed E-state index contributed by atoms with van der Waals surface area (Å²) in [6, 6.07) is 1.32. The van der Waals surface area contributed by atoms with E-state index in [-0.39, 0.29) is 42.8 Å². The second kappa shape index (κ2) is 11.1. The first-order valence-corrected chi connectivity index (χ1v) is 13.0. The SMILES string of the molecule is CC(C)(C)CN(CC(=O)c1c(Cl)ccc(F)c1Cl)C(=O)c1cnn([C@H]2CC[C@](C)(C(=O)O)CC2)c1C(F)(F)F. The number of carbonyl (C=O) groups is 3. The van der Waals surface area contributed by atoms with Gasteiger partial charge in [0.15, 0.2) is 11.5 Å². The number of halogens is 6. The van der Waals surface area contributed by atoms with Crippen LogP contribution in [-0.4, -0.2) is 50.5 Å². The highest BCUT2D eigenvalue weighted by Gasteiger charge is 2.45. The van der Waals surface area contributed by atoms with Crippen LogP contribution < -0.4 is 0 Å². The number of ketones is 1. The third-order valence-corrected chi connectivity index (χ3v) is 7.51. The largest absolute Gasteiger partial charge is 0.481 e. The third kappa shape index (κ3) is 6.74. The van der Waals surface area contributed by atoms with Crippen LogP contribution in [0.1, 0.15) is 85.8 Å². The first kappa shape index (κ1) is 30.9. The van der Waals surface area contributed by atoms with Gasteiger partial charge < -0.3 is 10.0 Å². The summed E-state index contributed by atoms with van der Waals surface area (Å²) in [7, 11) is 0. The average Bonchev–Trinajstić information content (AvgIpc) is 3.26. The number of benzene rings is 1. The van der Waals surface area contributed by atoms with Crippen molar-refractivity contribution in [2.75, 3.05) is 13.1 Å². The fraction of sp³-hybridized carbons (Fsp3) is 0.538. The number of carboxylic acids is 1. The molecule has 7 nitrogen and oxygen atoms in total. The Kier molecular flexibility index (Phi) is 8.77. The molecule has 1 aromatic heterocycles. The molecule has 1 heterocycles. The molecule has 214 valence electrons. The van der Waals surface area contributed by atoms with E-state index in [1.807, 2.05) is 0 Å². The lowest BCUT2D eigenvalue weighted by Crippen LogP contribution is -2.42. The van der Waals surface area contributed by atoms with Crippen LogP contribution in [0.5, 0.6) is 0 Å². The van der Waals surface area contributed by atoms with Gasteiger partial charge in [-0.2, -0.15) is 18.3 Å². The predicted octanol–water partition coefficient (Wildman–Crippen LogP) is 6.93. The molecule has 13 heteroatoms. The van der Waals surface area contributed by atoms with Gasteiger partial charge in [-0.25, -0.2) is 4.39 Å². The van der Waals surface area contributed by atoms with E-state index in [2.05, 4.69) is 5.10 Å². The number of Topliss-reactive ketones (excluding diaryl/α,β-unsaturated/α-hetero) is 1. The lowest BCUT2D eigenvalue weighted by Gasteiger charge is -2.34. The molecule has 0 aliphatic heterocycles. The fourth-order valence-corrected chi connectivity index (χ4v) is 5.34. The number of rotatable bonds is 7. The lowest BCUT2D eigenvalue weighted by atomic mass is 9.74. The van der Waals surface area contributed by atoms with Gasteiger partial charge in [-0.3, -0.25) is 19.1 Å². The van der Waals surface area contributed by atoms with E-state index in [4.69, 9.17) is 23.2 Å². The van der Waals surface area contributed by atoms with Crippen molar-refractivity contribution in [1.82, 2.24) is 14.7 Å². The Morgan fingerprint density at radius 1 is 1.15 bits per heavy atom. The second-order valence-electron chi connectivity index (χ2n) is 11.3. The lowest BCUT2D eigenvalue weighted by molar-refractivity contribution is -0.152. The smallest absolute Gasteiger partial charge is 0.433 e. The Bertz CT molecular complexity index is 1280. The molecule has 0 bridgehead atoms. The van der Waals surface area contributed by atoms with Crippen LogP contribution >= 0.6 is 23.2 Å². The predicted molar refractivity (Wildman–Crippen MR) is 137 cm³/mol. The van der Waals surface area contributed by atoms with Gasteiger partial charge in [0.1, 0.15) is 5.82 Å². The number of aliphatic carboxylic acids is 1. The molecular formula is C26H29Cl2F4N3O4. The molecule has 1 fully saturated rings. The van der Waals surface area contributed by atoms with Crippen molar-refractivity contribution in [2.24, 2.45) is 10.8 Å². The Morgan fingerprint density at radius 3 is 2.26 bits per heavy atom. The van der Waals surface area contributed by atoms with Gasteiger partial charge in [0, 0.05) is 6.54 Å². The molecule has 1 saturated carbocycles. The Hall–Kier alpha value is -2.66. The molecule has 0 atom stereocenters. The topological polar surface area (TPSA) is 92.5 Å². The third-order valence-electron chi connectivity index (χ3n) is 6.82. The molecule has 1 amide bonds. The number of carboxylic acid groups (broad SMARTS) is 1. The van der Waals surface area contributed by atoms with Gasteiger partial charge in [-0.15, -0.1) is 0 Å². The summed E-state index contributed by atoms with van der Waals surface area (Å²) in [5.41, 5.74) is -4.08. The van der Waals surface area contributed by atoms with Crippen molar-refractivity contribution in [3.8, 4) is 0 Å². The van der Waals surface area contributed by atoms with Crippen LogP contribution in [0.25, 0.3) is 0 Å². The van der Waals surface area contributed by atoms with Crippen LogP contribution in [0.4, 0.5) is 17.6 Å². The first-order chi connectivity index (χ1) is 17.9. The number of nitrogens with zero attached hydrogens (tertiary/aromatic N) is 3. The van der Waals surface area contributed by atoms with Gasteiger partial charge in [0.05, 0.1) is 45.4 Å². The molecule has 1 aliphatic carbocycles. The van der Waals surface area contributed by atoms with Crippen molar-refractivity contribution in [1.29, 1.82) is 0 Å². The average molecular weight is 594 g/mol. The minimum absolute atomic E-state index is 0.120. The molecule has 39 heavy (non-hydrogen) atoms. The van der Waals surface area contributed by atoms with E-state index < -0.39 is 69.3 Å². The number of aromatic nitrogens is 2. The van der Waals surface area contributed by atoms with E-state index in [9.17, 15) is 37.1 Å². The van der Waals surface area contributed by atoms with Crippen LogP contribution in [0, 0.1) is 16.6 Å². The molecule has 2 aromatic rings. The van der Waals surface area contributed by atoms with Crippen molar-refractivity contribution >= 4 is 40.9 Å². The zero-order valence-corrected chi connectivity index (χ0v) is 23.3. The number of amides is 1. The number of hydrogen-bond donors (Lipinski definition) is 1. The summed E-state index contributed by atoms with van der Waals surface area (Å²) < 4.78 is 57.8. The normalized spacial score (nSPS) is 20.1. The monoisotopic (exact) mass is 593 g/mol. The Labute approximate surface area is 233 Å². The molecule has 0 radical (unpaired) electrons.